The van der Waals surface area contributed by atoms with Gasteiger partial charge in [0.15, 0.2) is 18.2 Å². The first-order valence-corrected chi connectivity index (χ1v) is 7.97. The van der Waals surface area contributed by atoms with Crippen LogP contribution in [-0.2, 0) is 9.53 Å². The molecule has 128 valence electrons. The molecular weight excluding hydrogens is 309 g/mol. The van der Waals surface area contributed by atoms with Crippen molar-refractivity contribution in [2.24, 2.45) is 0 Å². The highest BCUT2D eigenvalue weighted by molar-refractivity contribution is 5.77. The Morgan fingerprint density at radius 2 is 1.83 bits per heavy atom. The lowest BCUT2D eigenvalue weighted by atomic mass is 10.1. The van der Waals surface area contributed by atoms with Crippen LogP contribution < -0.4 is 10.1 Å². The van der Waals surface area contributed by atoms with Crippen molar-refractivity contribution in [3.05, 3.63) is 66.0 Å². The summed E-state index contributed by atoms with van der Waals surface area (Å²) >= 11 is 0. The third-order valence-corrected chi connectivity index (χ3v) is 3.48. The minimum atomic E-state index is -0.478. The van der Waals surface area contributed by atoms with E-state index in [2.05, 4.69) is 5.32 Å². The zero-order chi connectivity index (χ0) is 17.2. The second-order valence-corrected chi connectivity index (χ2v) is 5.35. The lowest BCUT2D eigenvalue weighted by molar-refractivity contribution is -0.123. The molecule has 0 spiro atoms. The molecule has 0 saturated carbocycles. The third kappa shape index (κ3) is 6.01. The van der Waals surface area contributed by atoms with Crippen LogP contribution in [0.2, 0.25) is 0 Å². The standard InChI is InChI=1S/C19H22FNO3/c1-15(16-8-3-2-4-9-16)23-13-7-12-21-19(22)14-24-18-11-6-5-10-17(18)20/h2-6,8-11,15H,7,12-14H2,1H3,(H,21,22). The van der Waals surface area contributed by atoms with Crippen molar-refractivity contribution in [3.8, 4) is 5.75 Å². The molecule has 0 heterocycles. The van der Waals surface area contributed by atoms with Gasteiger partial charge in [-0.3, -0.25) is 4.79 Å². The number of nitrogens with one attached hydrogen (secondary N) is 1. The summed E-state index contributed by atoms with van der Waals surface area (Å²) in [5.74, 6) is -0.685. The van der Waals surface area contributed by atoms with Gasteiger partial charge in [0.05, 0.1) is 6.10 Å². The van der Waals surface area contributed by atoms with Gasteiger partial charge in [-0.1, -0.05) is 42.5 Å². The van der Waals surface area contributed by atoms with Crippen molar-refractivity contribution >= 4 is 5.91 Å². The lowest BCUT2D eigenvalue weighted by Gasteiger charge is -2.13. The van der Waals surface area contributed by atoms with Crippen molar-refractivity contribution in [3.63, 3.8) is 0 Å². The Hall–Kier alpha value is -2.40. The molecule has 1 amide bonds. The fourth-order valence-corrected chi connectivity index (χ4v) is 2.14. The molecule has 0 aliphatic carbocycles. The van der Waals surface area contributed by atoms with Crippen molar-refractivity contribution in [1.82, 2.24) is 5.32 Å². The van der Waals surface area contributed by atoms with E-state index in [1.807, 2.05) is 37.3 Å². The Morgan fingerprint density at radius 3 is 2.58 bits per heavy atom. The fraction of sp³-hybridized carbons (Fsp3) is 0.316. The Balaban J connectivity index is 1.57. The van der Waals surface area contributed by atoms with Gasteiger partial charge < -0.3 is 14.8 Å². The van der Waals surface area contributed by atoms with Crippen molar-refractivity contribution in [2.75, 3.05) is 19.8 Å². The molecule has 1 N–H and O–H groups in total. The molecule has 1 atom stereocenters. The van der Waals surface area contributed by atoms with E-state index in [-0.39, 0.29) is 24.4 Å². The zero-order valence-corrected chi connectivity index (χ0v) is 13.7. The van der Waals surface area contributed by atoms with Crippen molar-refractivity contribution in [1.29, 1.82) is 0 Å². The number of carbonyl (C=O) groups excluding carboxylic acids is 1. The van der Waals surface area contributed by atoms with Crippen LogP contribution in [0, 0.1) is 5.82 Å². The summed E-state index contributed by atoms with van der Waals surface area (Å²) in [6, 6.07) is 16.0. The Bertz CT molecular complexity index is 634. The SMILES string of the molecule is CC(OCCCNC(=O)COc1ccccc1F)c1ccccc1. The second-order valence-electron chi connectivity index (χ2n) is 5.35. The minimum Gasteiger partial charge on any atom is -0.481 e. The number of ether oxygens (including phenoxy) is 2. The fourth-order valence-electron chi connectivity index (χ4n) is 2.14. The van der Waals surface area contributed by atoms with Gasteiger partial charge in [0.2, 0.25) is 0 Å². The Morgan fingerprint density at radius 1 is 1.12 bits per heavy atom. The molecule has 0 fully saturated rings. The number of amides is 1. The predicted molar refractivity (Wildman–Crippen MR) is 90.3 cm³/mol. The van der Waals surface area contributed by atoms with Gasteiger partial charge in [0, 0.05) is 13.2 Å². The number of para-hydroxylation sites is 1. The van der Waals surface area contributed by atoms with Gasteiger partial charge in [0.1, 0.15) is 0 Å². The maximum Gasteiger partial charge on any atom is 0.257 e. The van der Waals surface area contributed by atoms with Gasteiger partial charge in [-0.05, 0) is 31.0 Å². The lowest BCUT2D eigenvalue weighted by Crippen LogP contribution is -2.30. The topological polar surface area (TPSA) is 47.6 Å². The van der Waals surface area contributed by atoms with E-state index in [0.29, 0.717) is 19.6 Å². The zero-order valence-electron chi connectivity index (χ0n) is 13.7. The molecule has 1 unspecified atom stereocenters. The number of halogens is 1. The first-order valence-electron chi connectivity index (χ1n) is 7.97. The first kappa shape index (κ1) is 17.9. The van der Waals surface area contributed by atoms with Crippen LogP contribution in [0.5, 0.6) is 5.75 Å². The molecule has 0 aliphatic heterocycles. The highest BCUT2D eigenvalue weighted by Gasteiger charge is 2.07. The molecule has 0 aromatic heterocycles. The predicted octanol–water partition coefficient (Wildman–Crippen LogP) is 3.49. The van der Waals surface area contributed by atoms with E-state index >= 15 is 0 Å². The highest BCUT2D eigenvalue weighted by Crippen LogP contribution is 2.16. The van der Waals surface area contributed by atoms with Crippen LogP contribution >= 0.6 is 0 Å². The Labute approximate surface area is 141 Å². The summed E-state index contributed by atoms with van der Waals surface area (Å²) in [7, 11) is 0. The highest BCUT2D eigenvalue weighted by atomic mass is 19.1. The van der Waals surface area contributed by atoms with Crippen LogP contribution in [-0.4, -0.2) is 25.7 Å². The quantitative estimate of drug-likeness (QED) is 0.716. The molecule has 2 aromatic rings. The van der Waals surface area contributed by atoms with E-state index in [4.69, 9.17) is 9.47 Å². The minimum absolute atomic E-state index is 0.0197. The molecule has 5 heteroatoms. The van der Waals surface area contributed by atoms with Gasteiger partial charge in [0.25, 0.3) is 5.91 Å². The molecule has 0 radical (unpaired) electrons. The smallest absolute Gasteiger partial charge is 0.257 e. The average molecular weight is 331 g/mol. The largest absolute Gasteiger partial charge is 0.481 e. The van der Waals surface area contributed by atoms with E-state index in [0.717, 1.165) is 5.56 Å². The summed E-state index contributed by atoms with van der Waals surface area (Å²) in [6.45, 7) is 2.82. The van der Waals surface area contributed by atoms with Crippen LogP contribution in [0.3, 0.4) is 0 Å². The summed E-state index contributed by atoms with van der Waals surface area (Å²) in [5.41, 5.74) is 1.12. The monoisotopic (exact) mass is 331 g/mol. The van der Waals surface area contributed by atoms with E-state index in [9.17, 15) is 9.18 Å². The number of carbonyl (C=O) groups is 1. The number of hydrogen-bond donors (Lipinski definition) is 1. The van der Waals surface area contributed by atoms with Crippen LogP contribution in [0.15, 0.2) is 54.6 Å². The number of benzene rings is 2. The van der Waals surface area contributed by atoms with Crippen molar-refractivity contribution < 1.29 is 18.7 Å². The normalized spacial score (nSPS) is 11.8. The molecular formula is C19H22FNO3. The first-order chi connectivity index (χ1) is 11.7. The van der Waals surface area contributed by atoms with Gasteiger partial charge in [-0.2, -0.15) is 0 Å². The molecule has 0 saturated heterocycles. The average Bonchev–Trinajstić information content (AvgIpc) is 2.61. The molecule has 24 heavy (non-hydrogen) atoms. The number of hydrogen-bond acceptors (Lipinski definition) is 3. The summed E-state index contributed by atoms with van der Waals surface area (Å²) < 4.78 is 24.2. The van der Waals surface area contributed by atoms with E-state index in [1.54, 1.807) is 12.1 Å². The van der Waals surface area contributed by atoms with Gasteiger partial charge in [-0.25, -0.2) is 4.39 Å². The summed E-state index contributed by atoms with van der Waals surface area (Å²) in [4.78, 5) is 11.6. The maximum absolute atomic E-state index is 13.3. The number of rotatable bonds is 9. The van der Waals surface area contributed by atoms with Crippen LogP contribution in [0.4, 0.5) is 4.39 Å². The van der Waals surface area contributed by atoms with E-state index in [1.165, 1.54) is 12.1 Å². The van der Waals surface area contributed by atoms with Gasteiger partial charge >= 0.3 is 0 Å². The maximum atomic E-state index is 13.3. The summed E-state index contributed by atoms with van der Waals surface area (Å²) in [6.07, 6.45) is 0.717. The molecule has 4 nitrogen and oxygen atoms in total. The molecule has 0 bridgehead atoms. The molecule has 0 aliphatic rings. The molecule has 2 rings (SSSR count). The summed E-state index contributed by atoms with van der Waals surface area (Å²) in [5, 5.41) is 2.72. The Kier molecular flexibility index (Phi) is 7.23. The second kappa shape index (κ2) is 9.67. The van der Waals surface area contributed by atoms with E-state index < -0.39 is 5.82 Å². The third-order valence-electron chi connectivity index (χ3n) is 3.48. The van der Waals surface area contributed by atoms with Crippen LogP contribution in [0.25, 0.3) is 0 Å². The van der Waals surface area contributed by atoms with Crippen molar-refractivity contribution in [2.45, 2.75) is 19.4 Å². The van der Waals surface area contributed by atoms with Crippen LogP contribution in [0.1, 0.15) is 25.0 Å². The molecule has 2 aromatic carbocycles. The van der Waals surface area contributed by atoms with Gasteiger partial charge in [-0.15, -0.1) is 0 Å².